The Morgan fingerprint density at radius 3 is 2.66 bits per heavy atom. The Bertz CT molecular complexity index is 979. The van der Waals surface area contributed by atoms with E-state index >= 15 is 0 Å². The van der Waals surface area contributed by atoms with Crippen molar-refractivity contribution in [2.45, 2.75) is 63.4 Å². The molecule has 0 heterocycles. The zero-order valence-corrected chi connectivity index (χ0v) is 16.9. The Morgan fingerprint density at radius 2 is 1.93 bits per heavy atom. The van der Waals surface area contributed by atoms with Crippen LogP contribution in [0.15, 0.2) is 47.1 Å². The standard InChI is InChI=1S/C26H27FO2/c1-3-26(29)13-12-23-21-10-6-17-14-19(28)9-11-20(17)24(21)22(15-25(23,26)2)16-4-7-18(27)8-5-16/h1,4-5,7-8,14,21-23,29H,6,9-13,15H2,2H3/t21?,22?,23?,25?,26-/m0/s1. The van der Waals surface area contributed by atoms with Crippen molar-refractivity contribution in [1.82, 2.24) is 0 Å². The fourth-order valence-electron chi connectivity index (χ4n) is 6.90. The third kappa shape index (κ3) is 2.62. The first kappa shape index (κ1) is 18.8. The summed E-state index contributed by atoms with van der Waals surface area (Å²) in [5.41, 5.74) is 3.63. The molecule has 1 aromatic carbocycles. The van der Waals surface area contributed by atoms with Crippen LogP contribution in [0.4, 0.5) is 4.39 Å². The second-order valence-electron chi connectivity index (χ2n) is 9.59. The van der Waals surface area contributed by atoms with Gasteiger partial charge in [0.1, 0.15) is 11.4 Å². The first-order valence-electron chi connectivity index (χ1n) is 10.8. The van der Waals surface area contributed by atoms with E-state index in [1.54, 1.807) is 0 Å². The first-order chi connectivity index (χ1) is 13.9. The summed E-state index contributed by atoms with van der Waals surface area (Å²) in [6, 6.07) is 6.81. The van der Waals surface area contributed by atoms with Crippen molar-refractivity contribution >= 4 is 5.78 Å². The zero-order chi connectivity index (χ0) is 20.4. The molecule has 0 amide bonds. The van der Waals surface area contributed by atoms with Crippen molar-refractivity contribution in [2.75, 3.05) is 0 Å². The summed E-state index contributed by atoms with van der Waals surface area (Å²) in [6.45, 7) is 2.16. The fraction of sp³-hybridized carbons (Fsp3) is 0.500. The molecule has 4 aliphatic carbocycles. The maximum Gasteiger partial charge on any atom is 0.156 e. The summed E-state index contributed by atoms with van der Waals surface area (Å²) >= 11 is 0. The van der Waals surface area contributed by atoms with Crippen LogP contribution in [0.2, 0.25) is 0 Å². The molecule has 0 bridgehead atoms. The average Bonchev–Trinajstić information content (AvgIpc) is 2.99. The number of aliphatic hydroxyl groups is 1. The molecular weight excluding hydrogens is 363 g/mol. The minimum absolute atomic E-state index is 0.103. The molecule has 3 heteroatoms. The van der Waals surface area contributed by atoms with Crippen LogP contribution in [-0.4, -0.2) is 16.5 Å². The number of allylic oxidation sites excluding steroid dienone is 4. The smallest absolute Gasteiger partial charge is 0.156 e. The van der Waals surface area contributed by atoms with Gasteiger partial charge in [0, 0.05) is 17.8 Å². The molecule has 0 aliphatic heterocycles. The van der Waals surface area contributed by atoms with E-state index < -0.39 is 5.60 Å². The summed E-state index contributed by atoms with van der Waals surface area (Å²) in [7, 11) is 0. The molecule has 1 aromatic rings. The van der Waals surface area contributed by atoms with Crippen LogP contribution in [0.25, 0.3) is 0 Å². The summed E-state index contributed by atoms with van der Waals surface area (Å²) in [6.07, 6.45) is 13.3. The van der Waals surface area contributed by atoms with Gasteiger partial charge in [-0.1, -0.05) is 30.6 Å². The molecule has 4 unspecified atom stereocenters. The number of rotatable bonds is 1. The highest BCUT2D eigenvalue weighted by Gasteiger charge is 2.62. The van der Waals surface area contributed by atoms with Gasteiger partial charge in [0.2, 0.25) is 0 Å². The largest absolute Gasteiger partial charge is 0.377 e. The van der Waals surface area contributed by atoms with Gasteiger partial charge in [-0.05, 0) is 85.3 Å². The monoisotopic (exact) mass is 390 g/mol. The average molecular weight is 390 g/mol. The number of halogens is 1. The summed E-state index contributed by atoms with van der Waals surface area (Å²) in [4.78, 5) is 12.0. The molecule has 29 heavy (non-hydrogen) atoms. The van der Waals surface area contributed by atoms with E-state index in [9.17, 15) is 14.3 Å². The fourth-order valence-corrected chi connectivity index (χ4v) is 6.90. The molecule has 0 saturated heterocycles. The minimum Gasteiger partial charge on any atom is -0.377 e. The molecular formula is C26H27FO2. The van der Waals surface area contributed by atoms with Crippen LogP contribution in [0, 0.1) is 35.4 Å². The Balaban J connectivity index is 1.70. The Morgan fingerprint density at radius 1 is 1.17 bits per heavy atom. The number of fused-ring (bicyclic) bond motifs is 4. The minimum atomic E-state index is -1.09. The van der Waals surface area contributed by atoms with E-state index in [1.165, 1.54) is 28.9 Å². The van der Waals surface area contributed by atoms with Crippen molar-refractivity contribution in [1.29, 1.82) is 0 Å². The van der Waals surface area contributed by atoms with Crippen LogP contribution in [0.1, 0.15) is 63.4 Å². The van der Waals surface area contributed by atoms with Gasteiger partial charge in [-0.3, -0.25) is 4.79 Å². The van der Waals surface area contributed by atoms with Gasteiger partial charge < -0.3 is 5.11 Å². The van der Waals surface area contributed by atoms with Gasteiger partial charge in [-0.25, -0.2) is 4.39 Å². The summed E-state index contributed by atoms with van der Waals surface area (Å²) in [5, 5.41) is 11.4. The van der Waals surface area contributed by atoms with E-state index in [4.69, 9.17) is 6.42 Å². The topological polar surface area (TPSA) is 37.3 Å². The summed E-state index contributed by atoms with van der Waals surface area (Å²) in [5.74, 6) is 3.55. The SMILES string of the molecule is C#C[C@]1(O)CCC2C3CCC4=CC(=O)CCC4=C3C(c3ccc(F)cc3)CC21C. The van der Waals surface area contributed by atoms with Crippen LogP contribution < -0.4 is 0 Å². The van der Waals surface area contributed by atoms with Gasteiger partial charge in [0.05, 0.1) is 0 Å². The van der Waals surface area contributed by atoms with Gasteiger partial charge in [0.25, 0.3) is 0 Å². The molecule has 2 nitrogen and oxygen atoms in total. The third-order valence-corrected chi connectivity index (χ3v) is 8.40. The Kier molecular flexibility index (Phi) is 4.16. The van der Waals surface area contributed by atoms with Gasteiger partial charge in [-0.15, -0.1) is 6.42 Å². The van der Waals surface area contributed by atoms with Crippen molar-refractivity contribution in [3.05, 3.63) is 58.4 Å². The highest BCUT2D eigenvalue weighted by atomic mass is 19.1. The first-order valence-corrected chi connectivity index (χ1v) is 10.8. The lowest BCUT2D eigenvalue weighted by molar-refractivity contribution is -0.114. The van der Waals surface area contributed by atoms with Crippen molar-refractivity contribution in [3.8, 4) is 12.3 Å². The van der Waals surface area contributed by atoms with Crippen molar-refractivity contribution in [2.24, 2.45) is 17.3 Å². The molecule has 0 spiro atoms. The number of terminal acetylenes is 1. The molecule has 0 radical (unpaired) electrons. The summed E-state index contributed by atoms with van der Waals surface area (Å²) < 4.78 is 13.6. The van der Waals surface area contributed by atoms with Crippen LogP contribution in [0.3, 0.4) is 0 Å². The van der Waals surface area contributed by atoms with Gasteiger partial charge in [-0.2, -0.15) is 0 Å². The second-order valence-corrected chi connectivity index (χ2v) is 9.59. The lowest BCUT2D eigenvalue weighted by Crippen LogP contribution is -2.50. The van der Waals surface area contributed by atoms with Crippen molar-refractivity contribution < 1.29 is 14.3 Å². The highest BCUT2D eigenvalue weighted by Crippen LogP contribution is 2.66. The molecule has 2 saturated carbocycles. The van der Waals surface area contributed by atoms with Crippen LogP contribution in [-0.2, 0) is 4.79 Å². The lowest BCUT2D eigenvalue weighted by atomic mass is 9.51. The maximum atomic E-state index is 13.6. The molecule has 4 aliphatic rings. The van der Waals surface area contributed by atoms with E-state index in [2.05, 4.69) is 12.8 Å². The molecule has 0 aromatic heterocycles. The number of carbonyl (C=O) groups is 1. The Labute approximate surface area is 171 Å². The molecule has 150 valence electrons. The molecule has 1 N–H and O–H groups in total. The third-order valence-electron chi connectivity index (χ3n) is 8.40. The highest BCUT2D eigenvalue weighted by molar-refractivity contribution is 5.93. The van der Waals surface area contributed by atoms with Gasteiger partial charge >= 0.3 is 0 Å². The van der Waals surface area contributed by atoms with E-state index in [1.807, 2.05) is 18.2 Å². The number of ketones is 1. The lowest BCUT2D eigenvalue weighted by Gasteiger charge is -2.53. The van der Waals surface area contributed by atoms with Gasteiger partial charge in [0.15, 0.2) is 5.78 Å². The molecule has 5 rings (SSSR count). The van der Waals surface area contributed by atoms with Crippen LogP contribution in [0.5, 0.6) is 0 Å². The van der Waals surface area contributed by atoms with E-state index in [-0.39, 0.29) is 22.9 Å². The number of benzene rings is 1. The predicted molar refractivity (Wildman–Crippen MR) is 110 cm³/mol. The quantitative estimate of drug-likeness (QED) is 0.678. The normalized spacial score (nSPS) is 38.6. The van der Waals surface area contributed by atoms with E-state index in [0.717, 1.165) is 37.7 Å². The van der Waals surface area contributed by atoms with E-state index in [0.29, 0.717) is 24.7 Å². The second kappa shape index (κ2) is 6.41. The molecule has 5 atom stereocenters. The molecule has 2 fully saturated rings. The van der Waals surface area contributed by atoms with Crippen molar-refractivity contribution in [3.63, 3.8) is 0 Å². The number of carbonyl (C=O) groups excluding carboxylic acids is 1. The van der Waals surface area contributed by atoms with Crippen LogP contribution >= 0.6 is 0 Å². The number of hydrogen-bond acceptors (Lipinski definition) is 2. The Hall–Kier alpha value is -2.18. The maximum absolute atomic E-state index is 13.6. The zero-order valence-electron chi connectivity index (χ0n) is 16.9. The predicted octanol–water partition coefficient (Wildman–Crippen LogP) is 5.09. The number of hydrogen-bond donors (Lipinski definition) is 1.